The molecule has 0 aliphatic carbocycles. The second-order valence-electron chi connectivity index (χ2n) is 8.16. The van der Waals surface area contributed by atoms with Gasteiger partial charge in [0, 0.05) is 24.5 Å². The van der Waals surface area contributed by atoms with Crippen LogP contribution in [0.4, 0.5) is 11.4 Å². The summed E-state index contributed by atoms with van der Waals surface area (Å²) >= 11 is 0. The number of amides is 1. The van der Waals surface area contributed by atoms with Crippen LogP contribution in [0.5, 0.6) is 0 Å². The molecule has 1 amide bonds. The Labute approximate surface area is 200 Å². The molecule has 4 aromatic rings. The van der Waals surface area contributed by atoms with E-state index in [9.17, 15) is 9.59 Å². The van der Waals surface area contributed by atoms with Gasteiger partial charge < -0.3 is 28.6 Å². The molecule has 180 valence electrons. The third-order valence-corrected chi connectivity index (χ3v) is 5.77. The minimum absolute atomic E-state index is 0.181. The molecule has 5 rings (SSSR count). The molecular weight excluding hydrogens is 452 g/mol. The number of furan rings is 1. The van der Waals surface area contributed by atoms with E-state index in [2.05, 4.69) is 20.4 Å². The van der Waals surface area contributed by atoms with Crippen LogP contribution < -0.4 is 10.2 Å². The van der Waals surface area contributed by atoms with Gasteiger partial charge in [0.1, 0.15) is 5.69 Å². The van der Waals surface area contributed by atoms with Crippen molar-refractivity contribution in [2.75, 3.05) is 36.5 Å². The highest BCUT2D eigenvalue weighted by Gasteiger charge is 2.25. The summed E-state index contributed by atoms with van der Waals surface area (Å²) in [5.41, 5.74) is 2.92. The van der Waals surface area contributed by atoms with Gasteiger partial charge in [-0.1, -0.05) is 5.16 Å². The number of nitrogens with one attached hydrogen (secondary N) is 1. The molecule has 1 aliphatic heterocycles. The lowest BCUT2D eigenvalue weighted by molar-refractivity contribution is -0.123. The first-order valence-electron chi connectivity index (χ1n) is 11.2. The number of aromatic nitrogens is 2. The van der Waals surface area contributed by atoms with Crippen LogP contribution in [0.2, 0.25) is 0 Å². The second-order valence-corrected chi connectivity index (χ2v) is 8.16. The zero-order valence-corrected chi connectivity index (χ0v) is 19.3. The molecule has 0 saturated carbocycles. The number of aryl methyl sites for hydroxylation is 1. The maximum atomic E-state index is 13.1. The van der Waals surface area contributed by atoms with Crippen molar-refractivity contribution in [1.82, 2.24) is 10.1 Å². The van der Waals surface area contributed by atoms with E-state index < -0.39 is 18.0 Å². The molecule has 1 unspecified atom stereocenters. The molecule has 1 saturated heterocycles. The van der Waals surface area contributed by atoms with Crippen molar-refractivity contribution in [3.05, 3.63) is 60.0 Å². The van der Waals surface area contributed by atoms with Crippen molar-refractivity contribution >= 4 is 34.4 Å². The van der Waals surface area contributed by atoms with Crippen molar-refractivity contribution in [2.24, 2.45) is 0 Å². The molecule has 1 atom stereocenters. The van der Waals surface area contributed by atoms with E-state index in [4.69, 9.17) is 18.4 Å². The van der Waals surface area contributed by atoms with Crippen LogP contribution in [-0.4, -0.2) is 54.4 Å². The Hall–Kier alpha value is -4.18. The van der Waals surface area contributed by atoms with Crippen LogP contribution in [0.1, 0.15) is 23.0 Å². The average Bonchev–Trinajstić information content (AvgIpc) is 3.55. The standard InChI is InChI=1S/C25H24N4O6/c1-15-22-19(14-20(21-4-3-11-33-21)27-24(22)35-28-15)25(31)34-16(2)23(30)26-17-5-7-18(8-6-17)29-9-12-32-13-10-29/h3-8,11,14,16H,9-10,12-13H2,1-2H3,(H,26,30). The van der Waals surface area contributed by atoms with Gasteiger partial charge in [0.05, 0.1) is 36.1 Å². The Morgan fingerprint density at radius 2 is 1.91 bits per heavy atom. The number of rotatable bonds is 6. The normalized spacial score (nSPS) is 14.6. The number of hydrogen-bond acceptors (Lipinski definition) is 9. The fourth-order valence-corrected chi connectivity index (χ4v) is 3.90. The highest BCUT2D eigenvalue weighted by atomic mass is 16.5. The lowest BCUT2D eigenvalue weighted by Gasteiger charge is -2.28. The largest absolute Gasteiger partial charge is 0.463 e. The summed E-state index contributed by atoms with van der Waals surface area (Å²) in [6.07, 6.45) is 0.460. The van der Waals surface area contributed by atoms with E-state index in [0.29, 0.717) is 41.4 Å². The van der Waals surface area contributed by atoms with Crippen molar-refractivity contribution in [3.8, 4) is 11.5 Å². The number of anilines is 2. The summed E-state index contributed by atoms with van der Waals surface area (Å²) in [4.78, 5) is 32.4. The van der Waals surface area contributed by atoms with E-state index in [1.54, 1.807) is 25.1 Å². The Balaban J connectivity index is 1.29. The fraction of sp³-hybridized carbons (Fsp3) is 0.280. The van der Waals surface area contributed by atoms with E-state index in [0.717, 1.165) is 18.8 Å². The van der Waals surface area contributed by atoms with Crippen LogP contribution >= 0.6 is 0 Å². The first-order chi connectivity index (χ1) is 17.0. The third kappa shape index (κ3) is 4.73. The van der Waals surface area contributed by atoms with Gasteiger partial charge in [0.15, 0.2) is 11.9 Å². The molecule has 3 aromatic heterocycles. The minimum Gasteiger partial charge on any atom is -0.463 e. The molecule has 0 spiro atoms. The SMILES string of the molecule is Cc1noc2nc(-c3ccco3)cc(C(=O)OC(C)C(=O)Nc3ccc(N4CCOCC4)cc3)c12. The highest BCUT2D eigenvalue weighted by Crippen LogP contribution is 2.28. The number of esters is 1. The number of fused-ring (bicyclic) bond motifs is 1. The van der Waals surface area contributed by atoms with Crippen molar-refractivity contribution < 1.29 is 28.0 Å². The molecule has 1 N–H and O–H groups in total. The molecule has 1 fully saturated rings. The molecule has 1 aromatic carbocycles. The minimum atomic E-state index is -1.04. The fourth-order valence-electron chi connectivity index (χ4n) is 3.90. The molecule has 0 radical (unpaired) electrons. The number of hydrogen-bond donors (Lipinski definition) is 1. The first kappa shape index (κ1) is 22.6. The van der Waals surface area contributed by atoms with Gasteiger partial charge in [-0.3, -0.25) is 4.79 Å². The highest BCUT2D eigenvalue weighted by molar-refractivity contribution is 6.05. The van der Waals surface area contributed by atoms with E-state index in [-0.39, 0.29) is 11.3 Å². The maximum Gasteiger partial charge on any atom is 0.339 e. The van der Waals surface area contributed by atoms with Crippen LogP contribution in [0.15, 0.2) is 57.7 Å². The van der Waals surface area contributed by atoms with E-state index >= 15 is 0 Å². The van der Waals surface area contributed by atoms with Crippen LogP contribution in [0, 0.1) is 6.92 Å². The van der Waals surface area contributed by atoms with Gasteiger partial charge >= 0.3 is 5.97 Å². The molecule has 35 heavy (non-hydrogen) atoms. The summed E-state index contributed by atoms with van der Waals surface area (Å²) in [6, 6.07) is 12.5. The Kier molecular flexibility index (Phi) is 6.19. The molecule has 4 heterocycles. The number of morpholine rings is 1. The lowest BCUT2D eigenvalue weighted by atomic mass is 10.1. The zero-order valence-electron chi connectivity index (χ0n) is 19.3. The number of ether oxygens (including phenoxy) is 2. The van der Waals surface area contributed by atoms with Gasteiger partial charge in [0.25, 0.3) is 11.6 Å². The average molecular weight is 476 g/mol. The summed E-state index contributed by atoms with van der Waals surface area (Å²) < 4.78 is 21.5. The number of carbonyl (C=O) groups excluding carboxylic acids is 2. The van der Waals surface area contributed by atoms with Crippen molar-refractivity contribution in [1.29, 1.82) is 0 Å². The quantitative estimate of drug-likeness (QED) is 0.414. The van der Waals surface area contributed by atoms with Crippen LogP contribution in [-0.2, 0) is 14.3 Å². The maximum absolute atomic E-state index is 13.1. The number of nitrogens with zero attached hydrogens (tertiary/aromatic N) is 3. The predicted octanol–water partition coefficient (Wildman–Crippen LogP) is 3.81. The van der Waals surface area contributed by atoms with Gasteiger partial charge in [-0.2, -0.15) is 0 Å². The molecule has 10 heteroatoms. The number of benzene rings is 1. The Bertz CT molecular complexity index is 1340. The van der Waals surface area contributed by atoms with Crippen LogP contribution in [0.3, 0.4) is 0 Å². The predicted molar refractivity (Wildman–Crippen MR) is 127 cm³/mol. The van der Waals surface area contributed by atoms with E-state index in [1.807, 2.05) is 24.3 Å². The van der Waals surface area contributed by atoms with Gasteiger partial charge in [-0.05, 0) is 56.3 Å². The van der Waals surface area contributed by atoms with E-state index in [1.165, 1.54) is 13.2 Å². The third-order valence-electron chi connectivity index (χ3n) is 5.77. The van der Waals surface area contributed by atoms with Gasteiger partial charge in [0.2, 0.25) is 0 Å². The zero-order chi connectivity index (χ0) is 24.4. The Morgan fingerprint density at radius 3 is 2.63 bits per heavy atom. The molecular formula is C25H24N4O6. The molecule has 1 aliphatic rings. The molecule has 10 nitrogen and oxygen atoms in total. The van der Waals surface area contributed by atoms with Gasteiger partial charge in [-0.25, -0.2) is 9.78 Å². The van der Waals surface area contributed by atoms with Crippen molar-refractivity contribution in [2.45, 2.75) is 20.0 Å². The second kappa shape index (κ2) is 9.59. The first-order valence-corrected chi connectivity index (χ1v) is 11.2. The van der Waals surface area contributed by atoms with Gasteiger partial charge in [-0.15, -0.1) is 0 Å². The molecule has 0 bridgehead atoms. The smallest absolute Gasteiger partial charge is 0.339 e. The van der Waals surface area contributed by atoms with Crippen LogP contribution in [0.25, 0.3) is 22.6 Å². The lowest BCUT2D eigenvalue weighted by Crippen LogP contribution is -2.36. The van der Waals surface area contributed by atoms with Crippen molar-refractivity contribution in [3.63, 3.8) is 0 Å². The Morgan fingerprint density at radius 1 is 1.14 bits per heavy atom. The summed E-state index contributed by atoms with van der Waals surface area (Å²) in [7, 11) is 0. The number of pyridine rings is 1. The summed E-state index contributed by atoms with van der Waals surface area (Å²) in [5.74, 6) is -0.681. The monoisotopic (exact) mass is 476 g/mol. The topological polar surface area (TPSA) is 120 Å². The summed E-state index contributed by atoms with van der Waals surface area (Å²) in [6.45, 7) is 6.27. The number of carbonyl (C=O) groups is 2. The summed E-state index contributed by atoms with van der Waals surface area (Å²) in [5, 5.41) is 7.12.